The SMILES string of the molecule is Nc1ncnc2c1c(-c1ccc(NS(=O)c3cccc4ccccc34)c(F)c1)cn2C1CCCC1. The van der Waals surface area contributed by atoms with Crippen molar-refractivity contribution < 1.29 is 8.60 Å². The molecule has 0 saturated heterocycles. The molecule has 1 unspecified atom stereocenters. The van der Waals surface area contributed by atoms with Crippen LogP contribution in [0.4, 0.5) is 15.9 Å². The van der Waals surface area contributed by atoms with Gasteiger partial charge in [-0.1, -0.05) is 55.3 Å². The number of nitrogens with zero attached hydrogens (tertiary/aromatic N) is 3. The first-order chi connectivity index (χ1) is 17.1. The van der Waals surface area contributed by atoms with Gasteiger partial charge in [-0.15, -0.1) is 0 Å². The Morgan fingerprint density at radius 3 is 2.66 bits per heavy atom. The second-order valence-corrected chi connectivity index (χ2v) is 10.1. The molecule has 3 N–H and O–H groups in total. The van der Waals surface area contributed by atoms with Crippen molar-refractivity contribution in [1.29, 1.82) is 0 Å². The fourth-order valence-electron chi connectivity index (χ4n) is 5.07. The molecule has 6 rings (SSSR count). The summed E-state index contributed by atoms with van der Waals surface area (Å²) in [6, 6.07) is 18.5. The molecule has 176 valence electrons. The Morgan fingerprint density at radius 1 is 1.03 bits per heavy atom. The maximum Gasteiger partial charge on any atom is 0.151 e. The van der Waals surface area contributed by atoms with Crippen molar-refractivity contribution >= 4 is 44.3 Å². The monoisotopic (exact) mass is 485 g/mol. The normalized spacial score (nSPS) is 15.1. The van der Waals surface area contributed by atoms with E-state index in [9.17, 15) is 4.21 Å². The number of rotatable bonds is 5. The lowest BCUT2D eigenvalue weighted by atomic mass is 10.1. The molecule has 0 amide bonds. The molecule has 0 spiro atoms. The third-order valence-electron chi connectivity index (χ3n) is 6.79. The molecule has 0 radical (unpaired) electrons. The predicted octanol–water partition coefficient (Wildman–Crippen LogP) is 6.22. The van der Waals surface area contributed by atoms with Crippen LogP contribution in [-0.4, -0.2) is 18.7 Å². The predicted molar refractivity (Wildman–Crippen MR) is 139 cm³/mol. The number of nitrogen functional groups attached to an aromatic ring is 1. The van der Waals surface area contributed by atoms with Crippen LogP contribution in [0.5, 0.6) is 0 Å². The Hall–Kier alpha value is -3.78. The summed E-state index contributed by atoms with van der Waals surface area (Å²) in [5, 5.41) is 2.58. The number of aromatic nitrogens is 3. The van der Waals surface area contributed by atoms with Gasteiger partial charge in [0.25, 0.3) is 0 Å². The average Bonchev–Trinajstić information content (AvgIpc) is 3.54. The standard InChI is InChI=1S/C27H24FN5OS/c28-22-14-18(21-15-33(19-8-2-3-9-19)27-25(21)26(29)30-16-31-27)12-13-23(22)32-35(34)24-11-5-7-17-6-1-4-10-20(17)24/h1,4-7,10-16,19,32H,2-3,8-9H2,(H2,29,30,31). The number of benzene rings is 3. The van der Waals surface area contributed by atoms with Crippen LogP contribution in [0.3, 0.4) is 0 Å². The molecular formula is C27H24FN5OS. The van der Waals surface area contributed by atoms with E-state index >= 15 is 4.39 Å². The van der Waals surface area contributed by atoms with Gasteiger partial charge in [0.2, 0.25) is 0 Å². The van der Waals surface area contributed by atoms with Crippen molar-refractivity contribution in [2.45, 2.75) is 36.6 Å². The second-order valence-electron chi connectivity index (χ2n) is 8.89. The van der Waals surface area contributed by atoms with Gasteiger partial charge in [-0.3, -0.25) is 4.72 Å². The van der Waals surface area contributed by atoms with Crippen LogP contribution in [0.25, 0.3) is 32.9 Å². The van der Waals surface area contributed by atoms with Gasteiger partial charge in [0.1, 0.15) is 23.6 Å². The molecule has 0 bridgehead atoms. The molecule has 1 aliphatic carbocycles. The van der Waals surface area contributed by atoms with Crippen molar-refractivity contribution in [3.05, 3.63) is 79.0 Å². The van der Waals surface area contributed by atoms with Gasteiger partial charge < -0.3 is 10.3 Å². The minimum absolute atomic E-state index is 0.170. The maximum absolute atomic E-state index is 15.3. The summed E-state index contributed by atoms with van der Waals surface area (Å²) < 4.78 is 33.4. The van der Waals surface area contributed by atoms with E-state index in [4.69, 9.17) is 5.73 Å². The van der Waals surface area contributed by atoms with Crippen molar-refractivity contribution in [2.24, 2.45) is 0 Å². The third-order valence-corrected chi connectivity index (χ3v) is 7.95. The first kappa shape index (κ1) is 21.7. The van der Waals surface area contributed by atoms with Crippen LogP contribution in [-0.2, 0) is 11.0 Å². The topological polar surface area (TPSA) is 85.8 Å². The van der Waals surface area contributed by atoms with Gasteiger partial charge in [0.15, 0.2) is 11.0 Å². The smallest absolute Gasteiger partial charge is 0.151 e. The fourth-order valence-corrected chi connectivity index (χ4v) is 6.13. The largest absolute Gasteiger partial charge is 0.383 e. The molecule has 1 aliphatic rings. The summed E-state index contributed by atoms with van der Waals surface area (Å²) in [7, 11) is -1.63. The van der Waals surface area contributed by atoms with Crippen molar-refractivity contribution in [1.82, 2.24) is 14.5 Å². The Bertz CT molecular complexity index is 1590. The molecule has 1 saturated carbocycles. The highest BCUT2D eigenvalue weighted by molar-refractivity contribution is 7.86. The lowest BCUT2D eigenvalue weighted by Gasteiger charge is -2.12. The zero-order chi connectivity index (χ0) is 23.9. The van der Waals surface area contributed by atoms with Gasteiger partial charge in [-0.2, -0.15) is 0 Å². The summed E-state index contributed by atoms with van der Waals surface area (Å²) in [5.74, 6) is -0.116. The van der Waals surface area contributed by atoms with Gasteiger partial charge in [-0.05, 0) is 47.4 Å². The first-order valence-electron chi connectivity index (χ1n) is 11.7. The number of hydrogen-bond acceptors (Lipinski definition) is 4. The summed E-state index contributed by atoms with van der Waals surface area (Å²) in [6.07, 6.45) is 8.03. The Balaban J connectivity index is 1.36. The minimum atomic E-state index is -1.63. The highest BCUT2D eigenvalue weighted by Gasteiger charge is 2.23. The second kappa shape index (κ2) is 8.78. The Morgan fingerprint density at radius 2 is 1.83 bits per heavy atom. The maximum atomic E-state index is 15.3. The van der Waals surface area contributed by atoms with E-state index in [-0.39, 0.29) is 5.69 Å². The number of nitrogens with two attached hydrogens (primary N) is 1. The molecular weight excluding hydrogens is 461 g/mol. The van der Waals surface area contributed by atoms with Crippen LogP contribution >= 0.6 is 0 Å². The van der Waals surface area contributed by atoms with E-state index in [0.29, 0.717) is 22.3 Å². The summed E-state index contributed by atoms with van der Waals surface area (Å²) in [5.41, 5.74) is 8.66. The summed E-state index contributed by atoms with van der Waals surface area (Å²) >= 11 is 0. The molecule has 2 aromatic heterocycles. The minimum Gasteiger partial charge on any atom is -0.383 e. The number of fused-ring (bicyclic) bond motifs is 2. The van der Waals surface area contributed by atoms with E-state index in [2.05, 4.69) is 19.3 Å². The molecule has 6 nitrogen and oxygen atoms in total. The molecule has 2 heterocycles. The highest BCUT2D eigenvalue weighted by Crippen LogP contribution is 2.39. The zero-order valence-electron chi connectivity index (χ0n) is 18.9. The Labute approximate surface area is 204 Å². The number of nitrogens with one attached hydrogen (secondary N) is 1. The van der Waals surface area contributed by atoms with Crippen LogP contribution in [0.15, 0.2) is 78.1 Å². The molecule has 3 aromatic carbocycles. The van der Waals surface area contributed by atoms with Gasteiger partial charge >= 0.3 is 0 Å². The number of halogens is 1. The van der Waals surface area contributed by atoms with E-state index in [1.165, 1.54) is 25.2 Å². The summed E-state index contributed by atoms with van der Waals surface area (Å²) in [4.78, 5) is 9.28. The van der Waals surface area contributed by atoms with E-state index < -0.39 is 16.8 Å². The van der Waals surface area contributed by atoms with E-state index in [1.807, 2.05) is 48.7 Å². The van der Waals surface area contributed by atoms with E-state index in [1.54, 1.807) is 12.1 Å². The molecule has 1 fully saturated rings. The average molecular weight is 486 g/mol. The van der Waals surface area contributed by atoms with E-state index in [0.717, 1.165) is 40.2 Å². The number of hydrogen-bond donors (Lipinski definition) is 2. The summed E-state index contributed by atoms with van der Waals surface area (Å²) in [6.45, 7) is 0. The fraction of sp³-hybridized carbons (Fsp3) is 0.185. The van der Waals surface area contributed by atoms with Crippen LogP contribution in [0.2, 0.25) is 0 Å². The van der Waals surface area contributed by atoms with Gasteiger partial charge in [0.05, 0.1) is 16.0 Å². The number of anilines is 2. The van der Waals surface area contributed by atoms with Gasteiger partial charge in [-0.25, -0.2) is 18.6 Å². The molecule has 5 aromatic rings. The molecule has 35 heavy (non-hydrogen) atoms. The lowest BCUT2D eigenvalue weighted by molar-refractivity contribution is 0.532. The van der Waals surface area contributed by atoms with Gasteiger partial charge in [0, 0.05) is 17.8 Å². The molecule has 1 atom stereocenters. The van der Waals surface area contributed by atoms with Crippen LogP contribution in [0.1, 0.15) is 31.7 Å². The third kappa shape index (κ3) is 3.83. The van der Waals surface area contributed by atoms with Crippen molar-refractivity contribution in [2.75, 3.05) is 10.5 Å². The molecule has 0 aliphatic heterocycles. The van der Waals surface area contributed by atoms with Crippen LogP contribution < -0.4 is 10.5 Å². The Kier molecular flexibility index (Phi) is 5.45. The highest BCUT2D eigenvalue weighted by atomic mass is 32.2. The zero-order valence-corrected chi connectivity index (χ0v) is 19.8. The quantitative estimate of drug-likeness (QED) is 0.309. The lowest BCUT2D eigenvalue weighted by Crippen LogP contribution is -2.07. The first-order valence-corrected chi connectivity index (χ1v) is 12.8. The van der Waals surface area contributed by atoms with Crippen molar-refractivity contribution in [3.8, 4) is 11.1 Å². The van der Waals surface area contributed by atoms with Crippen molar-refractivity contribution in [3.63, 3.8) is 0 Å². The van der Waals surface area contributed by atoms with Crippen LogP contribution in [0, 0.1) is 5.82 Å². The molecule has 8 heteroatoms.